The topological polar surface area (TPSA) is 124 Å². The van der Waals surface area contributed by atoms with Crippen molar-refractivity contribution in [3.63, 3.8) is 0 Å². The highest BCUT2D eigenvalue weighted by molar-refractivity contribution is 5.86. The number of aromatic nitrogens is 6. The van der Waals surface area contributed by atoms with E-state index in [0.717, 1.165) is 11.0 Å². The van der Waals surface area contributed by atoms with Crippen molar-refractivity contribution in [1.82, 2.24) is 34.0 Å². The number of aryl methyl sites for hydroxylation is 1. The molecule has 0 radical (unpaired) electrons. The van der Waals surface area contributed by atoms with Gasteiger partial charge in [-0.3, -0.25) is 13.9 Å². The number of anilines is 1. The summed E-state index contributed by atoms with van der Waals surface area (Å²) in [6.07, 6.45) is 0.247. The van der Waals surface area contributed by atoms with Gasteiger partial charge in [0.05, 0.1) is 43.9 Å². The predicted octanol–water partition coefficient (Wildman–Crippen LogP) is 1.32. The van der Waals surface area contributed by atoms with Crippen LogP contribution in [0.25, 0.3) is 28.1 Å². The molecule has 0 aliphatic carbocycles. The Morgan fingerprint density at radius 1 is 1.13 bits per heavy atom. The molecule has 38 heavy (non-hydrogen) atoms. The van der Waals surface area contributed by atoms with Crippen LogP contribution in [0.15, 0.2) is 24.3 Å². The molecule has 1 amide bonds. The number of hydrogen-bond donors (Lipinski definition) is 1. The number of morpholine rings is 1. The zero-order valence-electron chi connectivity index (χ0n) is 21.9. The van der Waals surface area contributed by atoms with Crippen LogP contribution in [0.5, 0.6) is 6.01 Å². The van der Waals surface area contributed by atoms with Gasteiger partial charge in [-0.25, -0.2) is 4.98 Å². The van der Waals surface area contributed by atoms with Gasteiger partial charge in [0.25, 0.3) is 6.01 Å². The van der Waals surface area contributed by atoms with E-state index in [-0.39, 0.29) is 24.5 Å². The Morgan fingerprint density at radius 3 is 2.63 bits per heavy atom. The molecule has 2 aliphatic heterocycles. The molecule has 200 valence electrons. The second-order valence-electron chi connectivity index (χ2n) is 10.0. The van der Waals surface area contributed by atoms with Crippen LogP contribution in [0.3, 0.4) is 0 Å². The van der Waals surface area contributed by atoms with Crippen molar-refractivity contribution < 1.29 is 19.4 Å². The van der Waals surface area contributed by atoms with Gasteiger partial charge < -0.3 is 24.4 Å². The first-order valence-corrected chi connectivity index (χ1v) is 13.0. The maximum atomic E-state index is 12.3. The smallest absolute Gasteiger partial charge is 0.298 e. The molecular formula is C26H32N8O4. The first kappa shape index (κ1) is 24.6. The molecule has 2 aliphatic rings. The van der Waals surface area contributed by atoms with Gasteiger partial charge in [-0.2, -0.15) is 15.0 Å². The molecule has 6 rings (SSSR count). The van der Waals surface area contributed by atoms with E-state index in [1.807, 2.05) is 59.2 Å². The number of hydrogen-bond acceptors (Lipinski definition) is 9. The largest absolute Gasteiger partial charge is 0.458 e. The fourth-order valence-corrected chi connectivity index (χ4v) is 4.99. The molecule has 0 saturated carbocycles. The summed E-state index contributed by atoms with van der Waals surface area (Å²) in [4.78, 5) is 35.7. The molecule has 12 nitrogen and oxygen atoms in total. The van der Waals surface area contributed by atoms with Gasteiger partial charge >= 0.3 is 0 Å². The lowest BCUT2D eigenvalue weighted by molar-refractivity contribution is -0.143. The molecule has 0 bridgehead atoms. The van der Waals surface area contributed by atoms with Crippen molar-refractivity contribution in [1.29, 1.82) is 0 Å². The first-order chi connectivity index (χ1) is 18.4. The Labute approximate surface area is 219 Å². The van der Waals surface area contributed by atoms with E-state index in [2.05, 4.69) is 4.90 Å². The van der Waals surface area contributed by atoms with E-state index in [0.29, 0.717) is 80.6 Å². The third kappa shape index (κ3) is 4.23. The Hall–Kier alpha value is -3.77. The molecular weight excluding hydrogens is 488 g/mol. The lowest BCUT2D eigenvalue weighted by Gasteiger charge is -2.39. The predicted molar refractivity (Wildman–Crippen MR) is 141 cm³/mol. The van der Waals surface area contributed by atoms with Crippen molar-refractivity contribution in [2.24, 2.45) is 13.0 Å². The zero-order valence-corrected chi connectivity index (χ0v) is 21.9. The van der Waals surface area contributed by atoms with Crippen molar-refractivity contribution in [3.05, 3.63) is 30.1 Å². The Kier molecular flexibility index (Phi) is 6.36. The third-order valence-corrected chi connectivity index (χ3v) is 7.05. The average Bonchev–Trinajstić information content (AvgIpc) is 3.42. The van der Waals surface area contributed by atoms with Crippen LogP contribution in [0, 0.1) is 5.92 Å². The van der Waals surface area contributed by atoms with Gasteiger partial charge in [0.15, 0.2) is 17.0 Å². The van der Waals surface area contributed by atoms with Crippen LogP contribution in [-0.2, 0) is 23.0 Å². The first-order valence-electron chi connectivity index (χ1n) is 13.0. The normalized spacial score (nSPS) is 16.6. The monoisotopic (exact) mass is 520 g/mol. The number of benzene rings is 1. The molecule has 0 atom stereocenters. The van der Waals surface area contributed by atoms with Crippen LogP contribution in [0.2, 0.25) is 0 Å². The Morgan fingerprint density at radius 2 is 1.89 bits per heavy atom. The van der Waals surface area contributed by atoms with E-state index in [9.17, 15) is 9.90 Å². The molecule has 2 saturated heterocycles. The van der Waals surface area contributed by atoms with Crippen LogP contribution in [0.1, 0.15) is 19.7 Å². The fraction of sp³-hybridized carbons (Fsp3) is 0.500. The molecule has 0 spiro atoms. The van der Waals surface area contributed by atoms with Crippen molar-refractivity contribution in [2.45, 2.75) is 26.4 Å². The van der Waals surface area contributed by atoms with Crippen molar-refractivity contribution >= 4 is 33.9 Å². The summed E-state index contributed by atoms with van der Waals surface area (Å²) in [5.41, 5.74) is 2.96. The molecule has 2 fully saturated rings. The summed E-state index contributed by atoms with van der Waals surface area (Å²) < 4.78 is 15.6. The van der Waals surface area contributed by atoms with E-state index in [1.165, 1.54) is 0 Å². The molecule has 4 aromatic rings. The maximum Gasteiger partial charge on any atom is 0.298 e. The second kappa shape index (κ2) is 9.84. The standard InChI is InChI=1S/C26H32N8O4/c1-16(2)24(36)33-14-17(15-33)38-26-28-21-22(31(26)3)29-25(30-23(21)32-9-12-37-13-10-32)34-19-7-5-4-6-18(19)27-20(34)8-11-35/h4-7,16-17,35H,8-15H2,1-3H3. The summed E-state index contributed by atoms with van der Waals surface area (Å²) >= 11 is 0. The molecule has 5 heterocycles. The van der Waals surface area contributed by atoms with E-state index < -0.39 is 0 Å². The van der Waals surface area contributed by atoms with Gasteiger partial charge in [-0.05, 0) is 12.1 Å². The van der Waals surface area contributed by atoms with Crippen LogP contribution < -0.4 is 9.64 Å². The molecule has 3 aromatic heterocycles. The quantitative estimate of drug-likeness (QED) is 0.384. The minimum atomic E-state index is -0.124. The van der Waals surface area contributed by atoms with Gasteiger partial charge in [-0.1, -0.05) is 26.0 Å². The van der Waals surface area contributed by atoms with E-state index >= 15 is 0 Å². The lowest BCUT2D eigenvalue weighted by Crippen LogP contribution is -2.57. The number of nitrogens with zero attached hydrogens (tertiary/aromatic N) is 8. The maximum absolute atomic E-state index is 12.3. The minimum absolute atomic E-state index is 0.0357. The highest BCUT2D eigenvalue weighted by Gasteiger charge is 2.35. The van der Waals surface area contributed by atoms with Crippen LogP contribution in [0.4, 0.5) is 5.82 Å². The highest BCUT2D eigenvalue weighted by atomic mass is 16.5. The number of aliphatic hydroxyl groups is 1. The summed E-state index contributed by atoms with van der Waals surface area (Å²) in [6.45, 7) is 7.41. The summed E-state index contributed by atoms with van der Waals surface area (Å²) in [5.74, 6) is 1.95. The molecule has 12 heteroatoms. The summed E-state index contributed by atoms with van der Waals surface area (Å²) in [6, 6.07) is 8.24. The Balaban J connectivity index is 1.43. The third-order valence-electron chi connectivity index (χ3n) is 7.05. The number of para-hydroxylation sites is 2. The number of rotatable bonds is 7. The number of carbonyl (C=O) groups excluding carboxylic acids is 1. The number of aliphatic hydroxyl groups excluding tert-OH is 1. The lowest BCUT2D eigenvalue weighted by atomic mass is 10.1. The van der Waals surface area contributed by atoms with Gasteiger partial charge in [0, 0.05) is 32.5 Å². The SMILES string of the molecule is CC(C)C(=O)N1CC(Oc2nc3c(N4CCOCC4)nc(-n4c(CCO)nc5ccccc54)nc3n2C)C1. The summed E-state index contributed by atoms with van der Waals surface area (Å²) in [5, 5.41) is 9.72. The number of likely N-dealkylation sites (tertiary alicyclic amines) is 1. The number of amides is 1. The minimum Gasteiger partial charge on any atom is -0.458 e. The van der Waals surface area contributed by atoms with Gasteiger partial charge in [0.1, 0.15) is 11.9 Å². The van der Waals surface area contributed by atoms with Crippen LogP contribution >= 0.6 is 0 Å². The molecule has 0 unspecified atom stereocenters. The van der Waals surface area contributed by atoms with Crippen molar-refractivity contribution in [3.8, 4) is 12.0 Å². The molecule has 1 aromatic carbocycles. The fourth-order valence-electron chi connectivity index (χ4n) is 4.99. The number of fused-ring (bicyclic) bond motifs is 2. The van der Waals surface area contributed by atoms with Crippen LogP contribution in [-0.4, -0.2) is 97.1 Å². The number of ether oxygens (including phenoxy) is 2. The zero-order chi connectivity index (χ0) is 26.4. The van der Waals surface area contributed by atoms with E-state index in [4.69, 9.17) is 29.4 Å². The van der Waals surface area contributed by atoms with Crippen molar-refractivity contribution in [2.75, 3.05) is 50.9 Å². The van der Waals surface area contributed by atoms with Gasteiger partial charge in [-0.15, -0.1) is 0 Å². The Bertz CT molecular complexity index is 1480. The van der Waals surface area contributed by atoms with Gasteiger partial charge in [0.2, 0.25) is 11.9 Å². The highest BCUT2D eigenvalue weighted by Crippen LogP contribution is 2.31. The average molecular weight is 521 g/mol. The molecule has 1 N–H and O–H groups in total. The second-order valence-corrected chi connectivity index (χ2v) is 10.0. The number of imidazole rings is 2. The summed E-state index contributed by atoms with van der Waals surface area (Å²) in [7, 11) is 1.88. The van der Waals surface area contributed by atoms with E-state index in [1.54, 1.807) is 0 Å². The number of carbonyl (C=O) groups is 1.